The number of aliphatic hydroxyl groups excluding tert-OH is 1. The number of aliphatic hydroxyl groups is 1. The standard InChI is InChI=1S/C17H21N3O3/c21-16-7-2-6-15(16)17(22)19-13-4-1-5-14(12-13)23-11-10-20-9-3-8-18-20/h1,3-5,8-9,12,15-16,21H,2,6-7,10-11H2,(H,19,22). The summed E-state index contributed by atoms with van der Waals surface area (Å²) in [5, 5.41) is 16.8. The van der Waals surface area contributed by atoms with E-state index in [1.165, 1.54) is 0 Å². The quantitative estimate of drug-likeness (QED) is 0.855. The number of carbonyl (C=O) groups is 1. The van der Waals surface area contributed by atoms with Crippen molar-refractivity contribution in [1.29, 1.82) is 0 Å². The maximum atomic E-state index is 12.2. The summed E-state index contributed by atoms with van der Waals surface area (Å²) in [7, 11) is 0. The van der Waals surface area contributed by atoms with E-state index in [0.717, 1.165) is 12.8 Å². The molecule has 2 unspecified atom stereocenters. The van der Waals surface area contributed by atoms with Gasteiger partial charge in [0.25, 0.3) is 0 Å². The Morgan fingerprint density at radius 2 is 2.30 bits per heavy atom. The average Bonchev–Trinajstić information content (AvgIpc) is 3.19. The number of hydrogen-bond donors (Lipinski definition) is 2. The van der Waals surface area contributed by atoms with E-state index in [1.807, 2.05) is 30.5 Å². The molecule has 1 aliphatic carbocycles. The Morgan fingerprint density at radius 1 is 1.39 bits per heavy atom. The monoisotopic (exact) mass is 315 g/mol. The fourth-order valence-electron chi connectivity index (χ4n) is 2.83. The van der Waals surface area contributed by atoms with Gasteiger partial charge in [0, 0.05) is 24.1 Å². The summed E-state index contributed by atoms with van der Waals surface area (Å²) in [4.78, 5) is 12.2. The normalized spacial score (nSPS) is 20.4. The summed E-state index contributed by atoms with van der Waals surface area (Å²) in [5.74, 6) is 0.269. The zero-order chi connectivity index (χ0) is 16.1. The Hall–Kier alpha value is -2.34. The fraction of sp³-hybridized carbons (Fsp3) is 0.412. The van der Waals surface area contributed by atoms with Gasteiger partial charge in [-0.05, 0) is 37.5 Å². The molecule has 2 N–H and O–H groups in total. The minimum absolute atomic E-state index is 0.122. The van der Waals surface area contributed by atoms with Crippen molar-refractivity contribution in [2.24, 2.45) is 5.92 Å². The highest BCUT2D eigenvalue weighted by Crippen LogP contribution is 2.27. The highest BCUT2D eigenvalue weighted by atomic mass is 16.5. The molecule has 1 aromatic heterocycles. The molecule has 1 saturated carbocycles. The molecule has 6 heteroatoms. The molecule has 2 aromatic rings. The predicted molar refractivity (Wildman–Crippen MR) is 86.1 cm³/mol. The van der Waals surface area contributed by atoms with E-state index >= 15 is 0 Å². The van der Waals surface area contributed by atoms with Crippen LogP contribution in [0.2, 0.25) is 0 Å². The maximum Gasteiger partial charge on any atom is 0.230 e. The van der Waals surface area contributed by atoms with Gasteiger partial charge in [0.2, 0.25) is 5.91 Å². The maximum absolute atomic E-state index is 12.2. The lowest BCUT2D eigenvalue weighted by molar-refractivity contribution is -0.122. The molecule has 1 fully saturated rings. The molecule has 0 aliphatic heterocycles. The van der Waals surface area contributed by atoms with Crippen molar-refractivity contribution >= 4 is 11.6 Å². The average molecular weight is 315 g/mol. The second-order valence-corrected chi connectivity index (χ2v) is 5.74. The molecule has 1 aromatic carbocycles. The molecular formula is C17H21N3O3. The lowest BCUT2D eigenvalue weighted by atomic mass is 10.1. The Balaban J connectivity index is 1.53. The van der Waals surface area contributed by atoms with Crippen molar-refractivity contribution in [3.05, 3.63) is 42.7 Å². The fourth-order valence-corrected chi connectivity index (χ4v) is 2.83. The molecule has 3 rings (SSSR count). The lowest BCUT2D eigenvalue weighted by Crippen LogP contribution is -2.28. The second kappa shape index (κ2) is 7.28. The van der Waals surface area contributed by atoms with Crippen molar-refractivity contribution in [1.82, 2.24) is 9.78 Å². The van der Waals surface area contributed by atoms with Gasteiger partial charge >= 0.3 is 0 Å². The van der Waals surface area contributed by atoms with Crippen molar-refractivity contribution in [3.63, 3.8) is 0 Å². The van der Waals surface area contributed by atoms with E-state index in [1.54, 1.807) is 16.9 Å². The number of ether oxygens (including phenoxy) is 1. The minimum atomic E-state index is -0.525. The van der Waals surface area contributed by atoms with Crippen LogP contribution in [0.25, 0.3) is 0 Å². The molecule has 23 heavy (non-hydrogen) atoms. The molecule has 1 heterocycles. The highest BCUT2D eigenvalue weighted by molar-refractivity contribution is 5.93. The third-order valence-corrected chi connectivity index (χ3v) is 4.07. The molecule has 122 valence electrons. The van der Waals surface area contributed by atoms with Gasteiger partial charge in [-0.3, -0.25) is 9.48 Å². The highest BCUT2D eigenvalue weighted by Gasteiger charge is 2.31. The number of amides is 1. The van der Waals surface area contributed by atoms with E-state index < -0.39 is 6.10 Å². The van der Waals surface area contributed by atoms with Crippen LogP contribution >= 0.6 is 0 Å². The summed E-state index contributed by atoms with van der Waals surface area (Å²) in [6.45, 7) is 1.16. The molecule has 0 spiro atoms. The van der Waals surface area contributed by atoms with E-state index in [9.17, 15) is 9.90 Å². The number of carbonyl (C=O) groups excluding carboxylic acids is 1. The number of hydrogen-bond acceptors (Lipinski definition) is 4. The van der Waals surface area contributed by atoms with Gasteiger partial charge in [-0.1, -0.05) is 6.07 Å². The van der Waals surface area contributed by atoms with Crippen LogP contribution < -0.4 is 10.1 Å². The van der Waals surface area contributed by atoms with Crippen LogP contribution in [0.15, 0.2) is 42.7 Å². The van der Waals surface area contributed by atoms with Gasteiger partial charge in [0.15, 0.2) is 0 Å². The molecular weight excluding hydrogens is 294 g/mol. The Labute approximate surface area is 135 Å². The SMILES string of the molecule is O=C(Nc1cccc(OCCn2cccn2)c1)C1CCCC1O. The van der Waals surface area contributed by atoms with Crippen molar-refractivity contribution in [2.45, 2.75) is 31.9 Å². The molecule has 0 radical (unpaired) electrons. The first-order valence-electron chi connectivity index (χ1n) is 7.91. The van der Waals surface area contributed by atoms with E-state index in [-0.39, 0.29) is 11.8 Å². The number of anilines is 1. The van der Waals surface area contributed by atoms with Gasteiger partial charge in [-0.25, -0.2) is 0 Å². The number of nitrogens with one attached hydrogen (secondary N) is 1. The number of aromatic nitrogens is 2. The van der Waals surface area contributed by atoms with Gasteiger partial charge in [-0.15, -0.1) is 0 Å². The number of nitrogens with zero attached hydrogens (tertiary/aromatic N) is 2. The third-order valence-electron chi connectivity index (χ3n) is 4.07. The van der Waals surface area contributed by atoms with Crippen LogP contribution in [-0.2, 0) is 11.3 Å². The Morgan fingerprint density at radius 3 is 3.04 bits per heavy atom. The van der Waals surface area contributed by atoms with Crippen molar-refractivity contribution in [3.8, 4) is 5.75 Å². The molecule has 2 atom stereocenters. The van der Waals surface area contributed by atoms with Gasteiger partial charge in [-0.2, -0.15) is 5.10 Å². The van der Waals surface area contributed by atoms with Crippen LogP contribution in [0.1, 0.15) is 19.3 Å². The Kier molecular flexibility index (Phi) is 4.92. The minimum Gasteiger partial charge on any atom is -0.492 e. The molecule has 1 amide bonds. The van der Waals surface area contributed by atoms with E-state index in [4.69, 9.17) is 4.74 Å². The zero-order valence-electron chi connectivity index (χ0n) is 12.9. The predicted octanol–water partition coefficient (Wildman–Crippen LogP) is 2.06. The number of benzene rings is 1. The molecule has 0 bridgehead atoms. The van der Waals surface area contributed by atoms with Crippen molar-refractivity contribution in [2.75, 3.05) is 11.9 Å². The van der Waals surface area contributed by atoms with E-state index in [2.05, 4.69) is 10.4 Å². The first-order valence-corrected chi connectivity index (χ1v) is 7.91. The zero-order valence-corrected chi connectivity index (χ0v) is 12.9. The third kappa shape index (κ3) is 4.10. The first kappa shape index (κ1) is 15.6. The summed E-state index contributed by atoms with van der Waals surface area (Å²) in [5.41, 5.74) is 0.686. The molecule has 0 saturated heterocycles. The largest absolute Gasteiger partial charge is 0.492 e. The van der Waals surface area contributed by atoms with Crippen LogP contribution in [0, 0.1) is 5.92 Å². The molecule has 6 nitrogen and oxygen atoms in total. The Bertz CT molecular complexity index is 642. The molecule has 1 aliphatic rings. The number of rotatable bonds is 6. The first-order chi connectivity index (χ1) is 11.2. The van der Waals surface area contributed by atoms with Crippen LogP contribution in [0.3, 0.4) is 0 Å². The summed E-state index contributed by atoms with van der Waals surface area (Å²) in [6.07, 6.45) is 5.43. The van der Waals surface area contributed by atoms with Gasteiger partial charge in [0.1, 0.15) is 12.4 Å². The second-order valence-electron chi connectivity index (χ2n) is 5.74. The summed E-state index contributed by atoms with van der Waals surface area (Å²) < 4.78 is 7.49. The van der Waals surface area contributed by atoms with Crippen LogP contribution in [0.5, 0.6) is 5.75 Å². The summed E-state index contributed by atoms with van der Waals surface area (Å²) >= 11 is 0. The summed E-state index contributed by atoms with van der Waals surface area (Å²) in [6, 6.07) is 9.17. The smallest absolute Gasteiger partial charge is 0.230 e. The van der Waals surface area contributed by atoms with Gasteiger partial charge < -0.3 is 15.2 Å². The van der Waals surface area contributed by atoms with Crippen molar-refractivity contribution < 1.29 is 14.6 Å². The van der Waals surface area contributed by atoms with Gasteiger partial charge in [0.05, 0.1) is 18.6 Å². The topological polar surface area (TPSA) is 76.4 Å². The van der Waals surface area contributed by atoms with E-state index in [0.29, 0.717) is 31.0 Å². The lowest BCUT2D eigenvalue weighted by Gasteiger charge is -2.15. The van der Waals surface area contributed by atoms with Crippen LogP contribution in [0.4, 0.5) is 5.69 Å². The van der Waals surface area contributed by atoms with Crippen LogP contribution in [-0.4, -0.2) is 33.5 Å².